The summed E-state index contributed by atoms with van der Waals surface area (Å²) in [5.41, 5.74) is 1.65. The lowest BCUT2D eigenvalue weighted by atomic mass is 10.3. The standard InChI is InChI=1S/C17H22F2N4O2/c1-12-15(21-11-20-12)9-23(7-6-22(2)3)17(24)10-25-16-5-4-13(18)8-14(16)19/h4-5,8,11H,6-7,9-10H2,1-3H3,(H,20,21). The molecule has 1 amide bonds. The molecular weight excluding hydrogens is 330 g/mol. The summed E-state index contributed by atoms with van der Waals surface area (Å²) in [4.78, 5) is 23.2. The monoisotopic (exact) mass is 352 g/mol. The first-order valence-corrected chi connectivity index (χ1v) is 7.86. The number of aromatic amines is 1. The quantitative estimate of drug-likeness (QED) is 0.789. The van der Waals surface area contributed by atoms with Gasteiger partial charge in [0.05, 0.1) is 18.6 Å². The molecule has 0 saturated carbocycles. The highest BCUT2D eigenvalue weighted by Gasteiger charge is 2.18. The molecule has 0 spiro atoms. The summed E-state index contributed by atoms with van der Waals surface area (Å²) in [7, 11) is 3.82. The van der Waals surface area contributed by atoms with Crippen LogP contribution in [0.25, 0.3) is 0 Å². The molecule has 1 aromatic carbocycles. The maximum Gasteiger partial charge on any atom is 0.260 e. The maximum atomic E-state index is 13.6. The lowest BCUT2D eigenvalue weighted by Crippen LogP contribution is -2.39. The number of amides is 1. The zero-order valence-corrected chi connectivity index (χ0v) is 14.6. The zero-order chi connectivity index (χ0) is 18.4. The predicted molar refractivity (Wildman–Crippen MR) is 89.1 cm³/mol. The molecule has 0 aliphatic rings. The molecule has 0 bridgehead atoms. The van der Waals surface area contributed by atoms with Gasteiger partial charge in [0.25, 0.3) is 5.91 Å². The Bertz CT molecular complexity index is 718. The van der Waals surface area contributed by atoms with E-state index >= 15 is 0 Å². The van der Waals surface area contributed by atoms with E-state index in [2.05, 4.69) is 9.97 Å². The molecule has 0 aliphatic heterocycles. The molecule has 0 saturated heterocycles. The first kappa shape index (κ1) is 18.9. The normalized spacial score (nSPS) is 11.0. The Morgan fingerprint density at radius 1 is 1.28 bits per heavy atom. The van der Waals surface area contributed by atoms with Crippen molar-refractivity contribution in [3.05, 3.63) is 47.5 Å². The minimum absolute atomic E-state index is 0.154. The number of ether oxygens (including phenoxy) is 1. The summed E-state index contributed by atoms with van der Waals surface area (Å²) in [5, 5.41) is 0. The average Bonchev–Trinajstić information content (AvgIpc) is 2.95. The highest BCUT2D eigenvalue weighted by Crippen LogP contribution is 2.17. The van der Waals surface area contributed by atoms with Crippen LogP contribution < -0.4 is 4.74 Å². The van der Waals surface area contributed by atoms with E-state index in [-0.39, 0.29) is 18.3 Å². The van der Waals surface area contributed by atoms with Gasteiger partial charge in [-0.25, -0.2) is 13.8 Å². The fourth-order valence-electron chi connectivity index (χ4n) is 2.16. The summed E-state index contributed by atoms with van der Waals surface area (Å²) in [5.74, 6) is -1.99. The number of aryl methyl sites for hydroxylation is 1. The minimum Gasteiger partial charge on any atom is -0.481 e. The van der Waals surface area contributed by atoms with Crippen molar-refractivity contribution in [2.45, 2.75) is 13.5 Å². The Kier molecular flexibility index (Phi) is 6.46. The summed E-state index contributed by atoms with van der Waals surface area (Å²) in [6, 6.07) is 2.97. The zero-order valence-electron chi connectivity index (χ0n) is 14.6. The number of aromatic nitrogens is 2. The van der Waals surface area contributed by atoms with E-state index in [9.17, 15) is 13.6 Å². The second-order valence-corrected chi connectivity index (χ2v) is 5.96. The van der Waals surface area contributed by atoms with Crippen molar-refractivity contribution in [2.75, 3.05) is 33.8 Å². The highest BCUT2D eigenvalue weighted by atomic mass is 19.1. The van der Waals surface area contributed by atoms with E-state index in [1.807, 2.05) is 25.9 Å². The number of imidazole rings is 1. The van der Waals surface area contributed by atoms with E-state index in [1.165, 1.54) is 6.07 Å². The number of halogens is 2. The molecule has 136 valence electrons. The number of carbonyl (C=O) groups is 1. The van der Waals surface area contributed by atoms with Gasteiger partial charge < -0.3 is 19.5 Å². The first-order valence-electron chi connectivity index (χ1n) is 7.86. The fourth-order valence-corrected chi connectivity index (χ4v) is 2.16. The number of carbonyl (C=O) groups excluding carboxylic acids is 1. The van der Waals surface area contributed by atoms with Crippen LogP contribution in [-0.2, 0) is 11.3 Å². The molecule has 2 rings (SSSR count). The van der Waals surface area contributed by atoms with Gasteiger partial charge in [-0.15, -0.1) is 0 Å². The Hall–Kier alpha value is -2.48. The Morgan fingerprint density at radius 3 is 2.64 bits per heavy atom. The summed E-state index contributed by atoms with van der Waals surface area (Å²) in [6.45, 7) is 3.02. The third-order valence-electron chi connectivity index (χ3n) is 3.69. The van der Waals surface area contributed by atoms with Gasteiger partial charge in [-0.1, -0.05) is 0 Å². The molecule has 1 N–H and O–H groups in total. The first-order chi connectivity index (χ1) is 11.9. The lowest BCUT2D eigenvalue weighted by molar-refractivity contribution is -0.134. The van der Waals surface area contributed by atoms with E-state index in [0.717, 1.165) is 23.5 Å². The second kappa shape index (κ2) is 8.57. The van der Waals surface area contributed by atoms with Gasteiger partial charge in [-0.3, -0.25) is 4.79 Å². The van der Waals surface area contributed by atoms with Crippen LogP contribution in [-0.4, -0.2) is 59.5 Å². The molecule has 6 nitrogen and oxygen atoms in total. The number of benzene rings is 1. The molecule has 0 atom stereocenters. The topological polar surface area (TPSA) is 61.5 Å². The smallest absolute Gasteiger partial charge is 0.260 e. The van der Waals surface area contributed by atoms with Gasteiger partial charge in [-0.2, -0.15) is 0 Å². The van der Waals surface area contributed by atoms with Crippen molar-refractivity contribution in [2.24, 2.45) is 0 Å². The number of H-pyrrole nitrogens is 1. The number of hydrogen-bond donors (Lipinski definition) is 1. The summed E-state index contributed by atoms with van der Waals surface area (Å²) >= 11 is 0. The maximum absolute atomic E-state index is 13.6. The van der Waals surface area contributed by atoms with Crippen LogP contribution in [0.1, 0.15) is 11.4 Å². The van der Waals surface area contributed by atoms with E-state index < -0.39 is 11.6 Å². The van der Waals surface area contributed by atoms with Crippen LogP contribution in [0.2, 0.25) is 0 Å². The summed E-state index contributed by atoms with van der Waals surface area (Å²) < 4.78 is 31.7. The van der Waals surface area contributed by atoms with Gasteiger partial charge in [-0.05, 0) is 33.2 Å². The van der Waals surface area contributed by atoms with Gasteiger partial charge in [0.2, 0.25) is 0 Å². The molecule has 1 heterocycles. The second-order valence-electron chi connectivity index (χ2n) is 5.96. The number of nitrogens with zero attached hydrogens (tertiary/aromatic N) is 3. The van der Waals surface area contributed by atoms with Gasteiger partial charge in [0, 0.05) is 24.8 Å². The van der Waals surface area contributed by atoms with Crippen molar-refractivity contribution < 1.29 is 18.3 Å². The Morgan fingerprint density at radius 2 is 2.04 bits per heavy atom. The molecule has 0 unspecified atom stereocenters. The molecule has 2 aromatic rings. The van der Waals surface area contributed by atoms with Crippen LogP contribution in [0.15, 0.2) is 24.5 Å². The van der Waals surface area contributed by atoms with Crippen LogP contribution in [0.3, 0.4) is 0 Å². The van der Waals surface area contributed by atoms with Crippen molar-refractivity contribution in [3.8, 4) is 5.75 Å². The van der Waals surface area contributed by atoms with Crippen LogP contribution in [0.5, 0.6) is 5.75 Å². The average molecular weight is 352 g/mol. The fraction of sp³-hybridized carbons (Fsp3) is 0.412. The third-order valence-corrected chi connectivity index (χ3v) is 3.69. The molecular formula is C17H22F2N4O2. The molecule has 0 radical (unpaired) electrons. The number of rotatable bonds is 8. The number of nitrogens with one attached hydrogen (secondary N) is 1. The third kappa shape index (κ3) is 5.53. The van der Waals surface area contributed by atoms with E-state index in [1.54, 1.807) is 11.2 Å². The summed E-state index contributed by atoms with van der Waals surface area (Å²) in [6.07, 6.45) is 1.57. The molecule has 1 aromatic heterocycles. The van der Waals surface area contributed by atoms with Gasteiger partial charge in [0.1, 0.15) is 5.82 Å². The van der Waals surface area contributed by atoms with Gasteiger partial charge >= 0.3 is 0 Å². The van der Waals surface area contributed by atoms with Crippen molar-refractivity contribution in [3.63, 3.8) is 0 Å². The van der Waals surface area contributed by atoms with Crippen LogP contribution >= 0.6 is 0 Å². The van der Waals surface area contributed by atoms with Gasteiger partial charge in [0.15, 0.2) is 18.2 Å². The molecule has 8 heteroatoms. The largest absolute Gasteiger partial charge is 0.481 e. The van der Waals surface area contributed by atoms with Crippen molar-refractivity contribution in [1.82, 2.24) is 19.8 Å². The highest BCUT2D eigenvalue weighted by molar-refractivity contribution is 5.77. The Labute approximate surface area is 145 Å². The van der Waals surface area contributed by atoms with E-state index in [4.69, 9.17) is 4.74 Å². The van der Waals surface area contributed by atoms with Crippen LogP contribution in [0.4, 0.5) is 8.78 Å². The van der Waals surface area contributed by atoms with E-state index in [0.29, 0.717) is 19.6 Å². The van der Waals surface area contributed by atoms with Crippen molar-refractivity contribution >= 4 is 5.91 Å². The molecule has 0 fully saturated rings. The molecule has 0 aliphatic carbocycles. The molecule has 25 heavy (non-hydrogen) atoms. The lowest BCUT2D eigenvalue weighted by Gasteiger charge is -2.24. The Balaban J connectivity index is 2.02. The predicted octanol–water partition coefficient (Wildman–Crippen LogP) is 1.97. The minimum atomic E-state index is -0.837. The number of hydrogen-bond acceptors (Lipinski definition) is 4. The van der Waals surface area contributed by atoms with Crippen LogP contribution in [0, 0.1) is 18.6 Å². The SMILES string of the molecule is Cc1[nH]cnc1CN(CCN(C)C)C(=O)COc1ccc(F)cc1F. The number of likely N-dealkylation sites (N-methyl/N-ethyl adjacent to an activating group) is 1. The van der Waals surface area contributed by atoms with Crippen molar-refractivity contribution in [1.29, 1.82) is 0 Å².